The van der Waals surface area contributed by atoms with Crippen LogP contribution in [0, 0.1) is 20.8 Å². The van der Waals surface area contributed by atoms with Crippen LogP contribution in [0.25, 0.3) is 11.3 Å². The molecule has 0 amide bonds. The van der Waals surface area contributed by atoms with Gasteiger partial charge in [-0.15, -0.1) is 0 Å². The van der Waals surface area contributed by atoms with Crippen molar-refractivity contribution in [1.82, 2.24) is 9.97 Å². The molecule has 2 nitrogen and oxygen atoms in total. The van der Waals surface area contributed by atoms with Crippen LogP contribution in [0.4, 0.5) is 13.2 Å². The van der Waals surface area contributed by atoms with Gasteiger partial charge in [0.15, 0.2) is 0 Å². The number of rotatable bonds is 1. The summed E-state index contributed by atoms with van der Waals surface area (Å²) in [5, 5.41) is 0. The van der Waals surface area contributed by atoms with Crippen molar-refractivity contribution in [3.05, 3.63) is 45.9 Å². The monoisotopic (exact) mass is 378 g/mol. The predicted octanol–water partition coefficient (Wildman–Crippen LogP) is 6.68. The average Bonchev–Trinajstić information content (AvgIpc) is 2.42. The third kappa shape index (κ3) is 4.33. The fourth-order valence-electron chi connectivity index (χ4n) is 3.58. The number of hydrogen-bond donors (Lipinski definition) is 0. The molecule has 0 spiro atoms. The standard InChI is InChI=1S/C22H29F3N2/c1-12-10-13(2)15(14(3)11-12)17-16(20(4,5)6)18(21(7,8)9)27-19(26-17)22(23,24)25/h10-11H,1-9H3. The number of halogens is 3. The molecule has 2 rings (SSSR count). The van der Waals surface area contributed by atoms with Gasteiger partial charge in [-0.2, -0.15) is 13.2 Å². The van der Waals surface area contributed by atoms with Crippen LogP contribution in [0.1, 0.15) is 75.3 Å². The Balaban J connectivity index is 3.08. The van der Waals surface area contributed by atoms with Gasteiger partial charge in [-0.25, -0.2) is 9.97 Å². The van der Waals surface area contributed by atoms with Gasteiger partial charge in [0.1, 0.15) is 0 Å². The number of hydrogen-bond acceptors (Lipinski definition) is 2. The fraction of sp³-hybridized carbons (Fsp3) is 0.545. The quantitative estimate of drug-likeness (QED) is 0.553. The maximum absolute atomic E-state index is 13.6. The van der Waals surface area contributed by atoms with Crippen LogP contribution in [0.15, 0.2) is 12.1 Å². The smallest absolute Gasteiger partial charge is 0.229 e. The van der Waals surface area contributed by atoms with Crippen molar-refractivity contribution >= 4 is 0 Å². The van der Waals surface area contributed by atoms with E-state index in [4.69, 9.17) is 0 Å². The highest BCUT2D eigenvalue weighted by Gasteiger charge is 2.40. The van der Waals surface area contributed by atoms with E-state index in [1.165, 1.54) is 0 Å². The Kier molecular flexibility index (Phi) is 5.23. The fourth-order valence-corrected chi connectivity index (χ4v) is 3.58. The van der Waals surface area contributed by atoms with Crippen LogP contribution in [0.2, 0.25) is 0 Å². The topological polar surface area (TPSA) is 25.8 Å². The summed E-state index contributed by atoms with van der Waals surface area (Å²) in [5.41, 5.74) is 4.35. The first-order valence-corrected chi connectivity index (χ1v) is 9.12. The van der Waals surface area contributed by atoms with Gasteiger partial charge in [-0.05, 0) is 37.3 Å². The van der Waals surface area contributed by atoms with E-state index in [2.05, 4.69) is 9.97 Å². The summed E-state index contributed by atoms with van der Waals surface area (Å²) < 4.78 is 40.9. The second-order valence-electron chi connectivity index (χ2n) is 9.39. The minimum absolute atomic E-state index is 0.393. The Morgan fingerprint density at radius 1 is 0.741 bits per heavy atom. The number of alkyl halides is 3. The summed E-state index contributed by atoms with van der Waals surface area (Å²) >= 11 is 0. The van der Waals surface area contributed by atoms with E-state index >= 15 is 0 Å². The van der Waals surface area contributed by atoms with Crippen molar-refractivity contribution in [1.29, 1.82) is 0 Å². The molecule has 0 saturated heterocycles. The lowest BCUT2D eigenvalue weighted by Gasteiger charge is -2.32. The molecule has 0 aliphatic heterocycles. The lowest BCUT2D eigenvalue weighted by molar-refractivity contribution is -0.145. The Labute approximate surface area is 160 Å². The van der Waals surface area contributed by atoms with Gasteiger partial charge in [-0.3, -0.25) is 0 Å². The summed E-state index contributed by atoms with van der Waals surface area (Å²) in [6.07, 6.45) is -4.60. The second kappa shape index (κ2) is 6.61. The highest BCUT2D eigenvalue weighted by atomic mass is 19.4. The third-order valence-corrected chi connectivity index (χ3v) is 4.54. The lowest BCUT2D eigenvalue weighted by Crippen LogP contribution is -2.28. The zero-order valence-corrected chi connectivity index (χ0v) is 17.7. The van der Waals surface area contributed by atoms with E-state index < -0.39 is 22.8 Å². The van der Waals surface area contributed by atoms with E-state index in [9.17, 15) is 13.2 Å². The van der Waals surface area contributed by atoms with E-state index in [-0.39, 0.29) is 0 Å². The molecule has 0 unspecified atom stereocenters. The average molecular weight is 378 g/mol. The molecule has 0 atom stereocenters. The molecule has 0 aliphatic rings. The molecule has 0 fully saturated rings. The first-order valence-electron chi connectivity index (χ1n) is 9.12. The molecule has 0 bridgehead atoms. The van der Waals surface area contributed by atoms with Crippen molar-refractivity contribution in [3.63, 3.8) is 0 Å². The van der Waals surface area contributed by atoms with E-state index in [1.807, 2.05) is 74.4 Å². The highest BCUT2D eigenvalue weighted by Crippen LogP contribution is 2.42. The minimum atomic E-state index is -4.60. The molecule has 0 N–H and O–H groups in total. The normalized spacial score (nSPS) is 13.2. The number of benzene rings is 1. The van der Waals surface area contributed by atoms with Crippen molar-refractivity contribution in [2.24, 2.45) is 0 Å². The Hall–Kier alpha value is -1.91. The molecule has 0 aliphatic carbocycles. The van der Waals surface area contributed by atoms with Crippen molar-refractivity contribution in [2.45, 2.75) is 79.3 Å². The Bertz CT molecular complexity index is 844. The summed E-state index contributed by atoms with van der Waals surface area (Å²) in [7, 11) is 0. The van der Waals surface area contributed by atoms with E-state index in [0.717, 1.165) is 27.8 Å². The molecule has 0 radical (unpaired) electrons. The van der Waals surface area contributed by atoms with E-state index in [0.29, 0.717) is 11.4 Å². The van der Waals surface area contributed by atoms with Gasteiger partial charge < -0.3 is 0 Å². The molecule has 2 aromatic rings. The first kappa shape index (κ1) is 21.4. The number of aryl methyl sites for hydroxylation is 3. The molecular formula is C22H29F3N2. The van der Waals surface area contributed by atoms with Crippen LogP contribution in [0.3, 0.4) is 0 Å². The summed E-state index contributed by atoms with van der Waals surface area (Å²) in [4.78, 5) is 8.08. The van der Waals surface area contributed by atoms with Gasteiger partial charge in [0.05, 0.1) is 11.4 Å². The lowest BCUT2D eigenvalue weighted by atomic mass is 9.75. The van der Waals surface area contributed by atoms with Gasteiger partial charge in [-0.1, -0.05) is 59.2 Å². The molecule has 27 heavy (non-hydrogen) atoms. The third-order valence-electron chi connectivity index (χ3n) is 4.54. The van der Waals surface area contributed by atoms with Crippen molar-refractivity contribution < 1.29 is 13.2 Å². The largest absolute Gasteiger partial charge is 0.451 e. The zero-order valence-electron chi connectivity index (χ0n) is 17.7. The zero-order chi connectivity index (χ0) is 20.9. The maximum Gasteiger partial charge on any atom is 0.451 e. The van der Waals surface area contributed by atoms with Crippen molar-refractivity contribution in [3.8, 4) is 11.3 Å². The molecule has 1 aromatic carbocycles. The minimum Gasteiger partial charge on any atom is -0.229 e. The molecule has 0 saturated carbocycles. The molecule has 5 heteroatoms. The number of aromatic nitrogens is 2. The van der Waals surface area contributed by atoms with Crippen LogP contribution < -0.4 is 0 Å². The molecule has 148 valence electrons. The Morgan fingerprint density at radius 3 is 1.59 bits per heavy atom. The second-order valence-corrected chi connectivity index (χ2v) is 9.39. The SMILES string of the molecule is Cc1cc(C)c(-c2nc(C(F)(F)F)nc(C(C)(C)C)c2C(C)(C)C)c(C)c1. The molecular weight excluding hydrogens is 349 g/mol. The molecule has 1 heterocycles. The van der Waals surface area contributed by atoms with E-state index in [1.54, 1.807) is 0 Å². The Morgan fingerprint density at radius 2 is 1.22 bits per heavy atom. The van der Waals surface area contributed by atoms with Crippen LogP contribution in [-0.4, -0.2) is 9.97 Å². The van der Waals surface area contributed by atoms with Crippen LogP contribution >= 0.6 is 0 Å². The number of nitrogens with zero attached hydrogens (tertiary/aromatic N) is 2. The van der Waals surface area contributed by atoms with Gasteiger partial charge in [0, 0.05) is 16.5 Å². The molecule has 1 aromatic heterocycles. The summed E-state index contributed by atoms with van der Waals surface area (Å²) in [6, 6.07) is 3.97. The van der Waals surface area contributed by atoms with Crippen LogP contribution in [-0.2, 0) is 17.0 Å². The summed E-state index contributed by atoms with van der Waals surface area (Å²) in [6.45, 7) is 17.5. The predicted molar refractivity (Wildman–Crippen MR) is 104 cm³/mol. The van der Waals surface area contributed by atoms with Crippen LogP contribution in [0.5, 0.6) is 0 Å². The maximum atomic E-state index is 13.6. The highest BCUT2D eigenvalue weighted by molar-refractivity contribution is 5.73. The van der Waals surface area contributed by atoms with Crippen molar-refractivity contribution in [2.75, 3.05) is 0 Å². The van der Waals surface area contributed by atoms with Gasteiger partial charge in [0.25, 0.3) is 0 Å². The van der Waals surface area contributed by atoms with Gasteiger partial charge in [0.2, 0.25) is 5.82 Å². The first-order chi connectivity index (χ1) is 12.0. The van der Waals surface area contributed by atoms with Gasteiger partial charge >= 0.3 is 6.18 Å². The summed E-state index contributed by atoms with van der Waals surface area (Å²) in [5.74, 6) is -1.07.